The molecular weight excluding hydrogens is 232 g/mol. The summed E-state index contributed by atoms with van der Waals surface area (Å²) in [5.74, 6) is 0.568. The SMILES string of the molecule is CCCCc1ccc(C(=O)C2CCCC2(C)C)cc1. The third-order valence-corrected chi connectivity index (χ3v) is 4.63. The van der Waals surface area contributed by atoms with Crippen molar-refractivity contribution in [1.29, 1.82) is 0 Å². The first-order valence-electron chi connectivity index (χ1n) is 7.68. The van der Waals surface area contributed by atoms with Gasteiger partial charge >= 0.3 is 0 Å². The van der Waals surface area contributed by atoms with Gasteiger partial charge in [-0.25, -0.2) is 0 Å². The standard InChI is InChI=1S/C18H26O/c1-4-5-7-14-9-11-15(12-10-14)17(19)16-8-6-13-18(16,2)3/h9-12,16H,4-8,13H2,1-3H3. The Labute approximate surface area is 117 Å². The molecule has 0 amide bonds. The van der Waals surface area contributed by atoms with Crippen LogP contribution in [0.15, 0.2) is 24.3 Å². The van der Waals surface area contributed by atoms with Crippen molar-refractivity contribution in [3.05, 3.63) is 35.4 Å². The van der Waals surface area contributed by atoms with Crippen molar-refractivity contribution in [2.24, 2.45) is 11.3 Å². The Hall–Kier alpha value is -1.11. The molecule has 0 aromatic heterocycles. The molecule has 0 saturated heterocycles. The maximum Gasteiger partial charge on any atom is 0.166 e. The molecule has 2 rings (SSSR count). The zero-order chi connectivity index (χ0) is 13.9. The Bertz CT molecular complexity index is 428. The predicted octanol–water partition coefficient (Wildman–Crippen LogP) is 5.04. The van der Waals surface area contributed by atoms with Crippen molar-refractivity contribution in [2.75, 3.05) is 0 Å². The van der Waals surface area contributed by atoms with E-state index in [-0.39, 0.29) is 11.3 Å². The highest BCUT2D eigenvalue weighted by Crippen LogP contribution is 2.44. The molecule has 1 unspecified atom stereocenters. The smallest absolute Gasteiger partial charge is 0.166 e. The molecule has 104 valence electrons. The van der Waals surface area contributed by atoms with Crippen molar-refractivity contribution in [3.63, 3.8) is 0 Å². The maximum absolute atomic E-state index is 12.6. The van der Waals surface area contributed by atoms with Gasteiger partial charge in [-0.2, -0.15) is 0 Å². The Morgan fingerprint density at radius 1 is 1.26 bits per heavy atom. The Morgan fingerprint density at radius 2 is 1.95 bits per heavy atom. The molecule has 1 aliphatic carbocycles. The van der Waals surface area contributed by atoms with Gasteiger partial charge in [0.2, 0.25) is 0 Å². The highest BCUT2D eigenvalue weighted by Gasteiger charge is 2.39. The molecule has 1 aromatic carbocycles. The van der Waals surface area contributed by atoms with Gasteiger partial charge in [-0.05, 0) is 36.7 Å². The number of Topliss-reactive ketones (excluding diaryl/α,β-unsaturated/α-hetero) is 1. The summed E-state index contributed by atoms with van der Waals surface area (Å²) in [6.07, 6.45) is 7.00. The summed E-state index contributed by atoms with van der Waals surface area (Å²) in [5, 5.41) is 0. The van der Waals surface area contributed by atoms with E-state index < -0.39 is 0 Å². The predicted molar refractivity (Wildman–Crippen MR) is 80.5 cm³/mol. The number of hydrogen-bond acceptors (Lipinski definition) is 1. The average Bonchev–Trinajstić information content (AvgIpc) is 2.76. The second kappa shape index (κ2) is 5.90. The van der Waals surface area contributed by atoms with Gasteiger partial charge in [-0.1, -0.05) is 57.9 Å². The van der Waals surface area contributed by atoms with Crippen molar-refractivity contribution in [3.8, 4) is 0 Å². The van der Waals surface area contributed by atoms with Gasteiger partial charge in [-0.3, -0.25) is 4.79 Å². The molecule has 0 bridgehead atoms. The van der Waals surface area contributed by atoms with Crippen LogP contribution in [0, 0.1) is 11.3 Å². The Kier molecular flexibility index (Phi) is 4.44. The molecule has 1 atom stereocenters. The monoisotopic (exact) mass is 258 g/mol. The lowest BCUT2D eigenvalue weighted by molar-refractivity contribution is 0.0839. The molecule has 19 heavy (non-hydrogen) atoms. The van der Waals surface area contributed by atoms with Crippen molar-refractivity contribution >= 4 is 5.78 Å². The summed E-state index contributed by atoms with van der Waals surface area (Å²) in [5.41, 5.74) is 2.43. The summed E-state index contributed by atoms with van der Waals surface area (Å²) < 4.78 is 0. The number of ketones is 1. The number of rotatable bonds is 5. The van der Waals surface area contributed by atoms with E-state index in [9.17, 15) is 4.79 Å². The van der Waals surface area contributed by atoms with E-state index in [1.165, 1.54) is 31.2 Å². The fourth-order valence-electron chi connectivity index (χ4n) is 3.23. The van der Waals surface area contributed by atoms with Crippen LogP contribution in [0.3, 0.4) is 0 Å². The quantitative estimate of drug-likeness (QED) is 0.676. The molecule has 0 heterocycles. The van der Waals surface area contributed by atoms with E-state index in [0.717, 1.165) is 18.4 Å². The molecule has 1 saturated carbocycles. The van der Waals surface area contributed by atoms with Crippen LogP contribution >= 0.6 is 0 Å². The first-order chi connectivity index (χ1) is 9.04. The van der Waals surface area contributed by atoms with E-state index in [1.807, 2.05) is 12.1 Å². The second-order valence-electron chi connectivity index (χ2n) is 6.60. The minimum Gasteiger partial charge on any atom is -0.294 e. The number of unbranched alkanes of at least 4 members (excludes halogenated alkanes) is 1. The topological polar surface area (TPSA) is 17.1 Å². The first kappa shape index (κ1) is 14.3. The normalized spacial score (nSPS) is 21.5. The molecular formula is C18H26O. The molecule has 1 aliphatic rings. The number of carbonyl (C=O) groups is 1. The van der Waals surface area contributed by atoms with Crippen LogP contribution in [0.1, 0.15) is 68.8 Å². The van der Waals surface area contributed by atoms with Gasteiger partial charge in [0.1, 0.15) is 0 Å². The minimum absolute atomic E-state index is 0.179. The third-order valence-electron chi connectivity index (χ3n) is 4.63. The Balaban J connectivity index is 2.07. The Morgan fingerprint density at radius 3 is 2.47 bits per heavy atom. The lowest BCUT2D eigenvalue weighted by Gasteiger charge is -2.25. The second-order valence-corrected chi connectivity index (χ2v) is 6.60. The van der Waals surface area contributed by atoms with Gasteiger partial charge in [0.05, 0.1) is 0 Å². The van der Waals surface area contributed by atoms with Crippen LogP contribution in [0.5, 0.6) is 0 Å². The summed E-state index contributed by atoms with van der Waals surface area (Å²) in [4.78, 5) is 12.6. The number of aryl methyl sites for hydroxylation is 1. The summed E-state index contributed by atoms with van der Waals surface area (Å²) in [7, 11) is 0. The third kappa shape index (κ3) is 3.26. The van der Waals surface area contributed by atoms with Crippen LogP contribution in [-0.2, 0) is 6.42 Å². The molecule has 1 aromatic rings. The van der Waals surface area contributed by atoms with Crippen molar-refractivity contribution in [1.82, 2.24) is 0 Å². The molecule has 0 radical (unpaired) electrons. The van der Waals surface area contributed by atoms with Crippen molar-refractivity contribution < 1.29 is 4.79 Å². The molecule has 0 spiro atoms. The highest BCUT2D eigenvalue weighted by atomic mass is 16.1. The molecule has 1 fully saturated rings. The number of benzene rings is 1. The minimum atomic E-state index is 0.179. The lowest BCUT2D eigenvalue weighted by atomic mass is 9.77. The molecule has 1 nitrogen and oxygen atoms in total. The summed E-state index contributed by atoms with van der Waals surface area (Å²) in [6, 6.07) is 8.32. The maximum atomic E-state index is 12.6. The van der Waals surface area contributed by atoms with Crippen LogP contribution in [-0.4, -0.2) is 5.78 Å². The van der Waals surface area contributed by atoms with E-state index >= 15 is 0 Å². The van der Waals surface area contributed by atoms with E-state index in [0.29, 0.717) is 5.78 Å². The average molecular weight is 258 g/mol. The van der Waals surface area contributed by atoms with Gasteiger partial charge < -0.3 is 0 Å². The highest BCUT2D eigenvalue weighted by molar-refractivity contribution is 5.98. The van der Waals surface area contributed by atoms with Crippen LogP contribution in [0.25, 0.3) is 0 Å². The zero-order valence-electron chi connectivity index (χ0n) is 12.5. The largest absolute Gasteiger partial charge is 0.294 e. The number of carbonyl (C=O) groups excluding carboxylic acids is 1. The van der Waals surface area contributed by atoms with Gasteiger partial charge in [-0.15, -0.1) is 0 Å². The molecule has 0 N–H and O–H groups in total. The fraction of sp³-hybridized carbons (Fsp3) is 0.611. The van der Waals surface area contributed by atoms with E-state index in [4.69, 9.17) is 0 Å². The van der Waals surface area contributed by atoms with Gasteiger partial charge in [0.15, 0.2) is 5.78 Å². The van der Waals surface area contributed by atoms with Crippen LogP contribution in [0.4, 0.5) is 0 Å². The van der Waals surface area contributed by atoms with E-state index in [2.05, 4.69) is 32.9 Å². The first-order valence-corrected chi connectivity index (χ1v) is 7.68. The fourth-order valence-corrected chi connectivity index (χ4v) is 3.23. The van der Waals surface area contributed by atoms with Gasteiger partial charge in [0, 0.05) is 11.5 Å². The lowest BCUT2D eigenvalue weighted by Crippen LogP contribution is -2.25. The summed E-state index contributed by atoms with van der Waals surface area (Å²) >= 11 is 0. The van der Waals surface area contributed by atoms with Crippen molar-refractivity contribution in [2.45, 2.75) is 59.3 Å². The molecule has 1 heteroatoms. The van der Waals surface area contributed by atoms with Crippen LogP contribution < -0.4 is 0 Å². The van der Waals surface area contributed by atoms with Crippen LogP contribution in [0.2, 0.25) is 0 Å². The molecule has 0 aliphatic heterocycles. The van der Waals surface area contributed by atoms with E-state index in [1.54, 1.807) is 0 Å². The summed E-state index contributed by atoms with van der Waals surface area (Å²) in [6.45, 7) is 6.68. The number of hydrogen-bond donors (Lipinski definition) is 0. The van der Waals surface area contributed by atoms with Gasteiger partial charge in [0.25, 0.3) is 0 Å². The zero-order valence-corrected chi connectivity index (χ0v) is 12.5.